The van der Waals surface area contributed by atoms with Crippen molar-refractivity contribution in [2.24, 2.45) is 0 Å². The predicted octanol–water partition coefficient (Wildman–Crippen LogP) is 2.74. The Morgan fingerprint density at radius 3 is 2.61 bits per heavy atom. The van der Waals surface area contributed by atoms with Crippen molar-refractivity contribution in [3.63, 3.8) is 0 Å². The van der Waals surface area contributed by atoms with E-state index in [1.165, 1.54) is 11.3 Å². The molecule has 0 bridgehead atoms. The van der Waals surface area contributed by atoms with Gasteiger partial charge in [-0.25, -0.2) is 14.8 Å². The number of fused-ring (bicyclic) bond motifs is 1. The molecule has 2 aromatic heterocycles. The topological polar surface area (TPSA) is 84.4 Å². The van der Waals surface area contributed by atoms with Crippen molar-refractivity contribution in [2.45, 2.75) is 40.2 Å². The van der Waals surface area contributed by atoms with Crippen LogP contribution < -0.4 is 5.32 Å². The van der Waals surface area contributed by atoms with Crippen molar-refractivity contribution < 1.29 is 13.7 Å². The van der Waals surface area contributed by atoms with Gasteiger partial charge in [0.1, 0.15) is 21.3 Å². The van der Waals surface area contributed by atoms with Crippen molar-refractivity contribution in [1.29, 1.82) is 0 Å². The zero-order chi connectivity index (χ0) is 20.5. The number of ether oxygens (including phenoxy) is 1. The molecule has 0 saturated carbocycles. The fourth-order valence-corrected chi connectivity index (χ4v) is 5.59. The van der Waals surface area contributed by atoms with Gasteiger partial charge in [0.15, 0.2) is 0 Å². The third kappa shape index (κ3) is 4.36. The normalized spacial score (nSPS) is 16.5. The molecule has 154 valence electrons. The number of aryl methyl sites for hydroxylation is 2. The van der Waals surface area contributed by atoms with Crippen LogP contribution in [0, 0.1) is 13.8 Å². The van der Waals surface area contributed by atoms with Crippen molar-refractivity contribution in [3.8, 4) is 0 Å². The zero-order valence-corrected chi connectivity index (χ0v) is 18.8. The molecule has 0 amide bonds. The molecule has 1 N–H and O–H groups in total. The minimum Gasteiger partial charge on any atom is -0.462 e. The van der Waals surface area contributed by atoms with Crippen LogP contribution in [0.2, 0.25) is 0 Å². The summed E-state index contributed by atoms with van der Waals surface area (Å²) in [5.74, 6) is 2.56. The lowest BCUT2D eigenvalue weighted by molar-refractivity contribution is 0.0531. The number of esters is 1. The molecule has 28 heavy (non-hydrogen) atoms. The molecule has 3 heterocycles. The quantitative estimate of drug-likeness (QED) is 0.714. The first-order chi connectivity index (χ1) is 13.2. The van der Waals surface area contributed by atoms with Crippen LogP contribution in [0.15, 0.2) is 0 Å². The summed E-state index contributed by atoms with van der Waals surface area (Å²) in [5.41, 5.74) is 0.746. The third-order valence-corrected chi connectivity index (χ3v) is 7.53. The molecule has 9 heteroatoms. The Hall–Kier alpha value is -1.58. The van der Waals surface area contributed by atoms with Crippen LogP contribution >= 0.6 is 11.3 Å². The highest BCUT2D eigenvalue weighted by Crippen LogP contribution is 2.34. The summed E-state index contributed by atoms with van der Waals surface area (Å²) < 4.78 is 16.8. The molecule has 1 aliphatic heterocycles. The number of thiophene rings is 1. The number of rotatable bonds is 6. The monoisotopic (exact) mass is 424 g/mol. The number of aromatic nitrogens is 2. The Morgan fingerprint density at radius 2 is 1.96 bits per heavy atom. The second-order valence-corrected chi connectivity index (χ2v) is 10.3. The molecule has 7 nitrogen and oxygen atoms in total. The number of hydrogen-bond donors (Lipinski definition) is 1. The van der Waals surface area contributed by atoms with E-state index in [1.54, 1.807) is 6.92 Å². The molecule has 1 fully saturated rings. The average Bonchev–Trinajstić information content (AvgIpc) is 2.97. The Bertz CT molecular complexity index is 900. The molecule has 0 atom stereocenters. The molecule has 1 saturated heterocycles. The van der Waals surface area contributed by atoms with Gasteiger partial charge in [-0.2, -0.15) is 0 Å². The summed E-state index contributed by atoms with van der Waals surface area (Å²) in [6.45, 7) is 12.7. The standard InChI is InChI=1S/C19H28N4O3S2/c1-6-26-18(24)15-12(2)14-16(21-13(3)22-17(14)27-15)20-11-19(4,5)23-7-9-28(25)10-8-23/h6-11H2,1-5H3,(H,20,21,22). The second kappa shape index (κ2) is 8.42. The number of hydrogen-bond acceptors (Lipinski definition) is 8. The van der Waals surface area contributed by atoms with Gasteiger partial charge in [0.2, 0.25) is 0 Å². The van der Waals surface area contributed by atoms with Crippen molar-refractivity contribution in [2.75, 3.05) is 43.1 Å². The summed E-state index contributed by atoms with van der Waals surface area (Å²) in [6, 6.07) is 0. The molecule has 2 aromatic rings. The third-order valence-electron chi connectivity index (χ3n) is 5.09. The maximum absolute atomic E-state index is 12.3. The molecule has 0 aromatic carbocycles. The van der Waals surface area contributed by atoms with Gasteiger partial charge in [-0.05, 0) is 40.2 Å². The minimum absolute atomic E-state index is 0.107. The van der Waals surface area contributed by atoms with Crippen LogP contribution in [0.1, 0.15) is 41.8 Å². The molecular formula is C19H28N4O3S2. The molecular weight excluding hydrogens is 396 g/mol. The van der Waals surface area contributed by atoms with Gasteiger partial charge in [0.25, 0.3) is 0 Å². The maximum Gasteiger partial charge on any atom is 0.348 e. The Balaban J connectivity index is 1.86. The molecule has 3 rings (SSSR count). The lowest BCUT2D eigenvalue weighted by atomic mass is 10.0. The van der Waals surface area contributed by atoms with Crippen LogP contribution in [-0.4, -0.2) is 68.3 Å². The number of nitrogens with zero attached hydrogens (tertiary/aromatic N) is 3. The van der Waals surface area contributed by atoms with Crippen molar-refractivity contribution >= 4 is 44.1 Å². The number of anilines is 1. The van der Waals surface area contributed by atoms with E-state index in [2.05, 4.69) is 34.0 Å². The highest BCUT2D eigenvalue weighted by molar-refractivity contribution is 7.85. The smallest absolute Gasteiger partial charge is 0.348 e. The first-order valence-electron chi connectivity index (χ1n) is 9.51. The van der Waals surface area contributed by atoms with E-state index in [0.717, 1.165) is 46.2 Å². The number of carbonyl (C=O) groups is 1. The summed E-state index contributed by atoms with van der Waals surface area (Å²) in [5, 5.41) is 4.37. The van der Waals surface area contributed by atoms with Gasteiger partial charge in [0, 0.05) is 47.5 Å². The first-order valence-corrected chi connectivity index (χ1v) is 11.8. The fourth-order valence-electron chi connectivity index (χ4n) is 3.42. The van der Waals surface area contributed by atoms with E-state index < -0.39 is 10.8 Å². The minimum atomic E-state index is -0.689. The summed E-state index contributed by atoms with van der Waals surface area (Å²) in [4.78, 5) is 25.1. The Morgan fingerprint density at radius 1 is 1.29 bits per heavy atom. The zero-order valence-electron chi connectivity index (χ0n) is 17.1. The second-order valence-electron chi connectivity index (χ2n) is 7.58. The number of carbonyl (C=O) groups excluding carboxylic acids is 1. The SMILES string of the molecule is CCOC(=O)c1sc2nc(C)nc(NCC(C)(C)N3CCS(=O)CC3)c2c1C. The van der Waals surface area contributed by atoms with Crippen LogP contribution in [-0.2, 0) is 15.5 Å². The van der Waals surface area contributed by atoms with Gasteiger partial charge in [0.05, 0.1) is 12.0 Å². The molecule has 1 aliphatic rings. The first kappa shape index (κ1) is 21.1. The van der Waals surface area contributed by atoms with Crippen molar-refractivity contribution in [3.05, 3.63) is 16.3 Å². The lowest BCUT2D eigenvalue weighted by Crippen LogP contribution is -2.53. The van der Waals surface area contributed by atoms with Crippen LogP contribution in [0.4, 0.5) is 5.82 Å². The van der Waals surface area contributed by atoms with Gasteiger partial charge in [-0.3, -0.25) is 9.11 Å². The summed E-state index contributed by atoms with van der Waals surface area (Å²) >= 11 is 1.35. The van der Waals surface area contributed by atoms with Crippen LogP contribution in [0.25, 0.3) is 10.2 Å². The highest BCUT2D eigenvalue weighted by atomic mass is 32.2. The van der Waals surface area contributed by atoms with E-state index in [9.17, 15) is 9.00 Å². The fraction of sp³-hybridized carbons (Fsp3) is 0.632. The van der Waals surface area contributed by atoms with E-state index >= 15 is 0 Å². The molecule has 0 radical (unpaired) electrons. The summed E-state index contributed by atoms with van der Waals surface area (Å²) in [6.07, 6.45) is 0. The molecule has 0 spiro atoms. The summed E-state index contributed by atoms with van der Waals surface area (Å²) in [7, 11) is -0.689. The van der Waals surface area contributed by atoms with E-state index in [-0.39, 0.29) is 11.5 Å². The van der Waals surface area contributed by atoms with Crippen molar-refractivity contribution in [1.82, 2.24) is 14.9 Å². The van der Waals surface area contributed by atoms with E-state index in [0.29, 0.717) is 23.9 Å². The molecule has 0 aliphatic carbocycles. The predicted molar refractivity (Wildman–Crippen MR) is 115 cm³/mol. The maximum atomic E-state index is 12.3. The van der Waals surface area contributed by atoms with E-state index in [4.69, 9.17) is 4.74 Å². The Kier molecular flexibility index (Phi) is 6.36. The van der Waals surface area contributed by atoms with Gasteiger partial charge >= 0.3 is 5.97 Å². The van der Waals surface area contributed by atoms with E-state index in [1.807, 2.05) is 13.8 Å². The number of nitrogens with one attached hydrogen (secondary N) is 1. The van der Waals surface area contributed by atoms with Crippen LogP contribution in [0.5, 0.6) is 0 Å². The van der Waals surface area contributed by atoms with Gasteiger partial charge in [-0.15, -0.1) is 11.3 Å². The molecule has 0 unspecified atom stereocenters. The highest BCUT2D eigenvalue weighted by Gasteiger charge is 2.30. The van der Waals surface area contributed by atoms with Gasteiger partial charge < -0.3 is 10.1 Å². The van der Waals surface area contributed by atoms with Crippen LogP contribution in [0.3, 0.4) is 0 Å². The van der Waals surface area contributed by atoms with Gasteiger partial charge in [-0.1, -0.05) is 0 Å². The Labute approximate surface area is 172 Å². The largest absolute Gasteiger partial charge is 0.462 e. The average molecular weight is 425 g/mol. The lowest BCUT2D eigenvalue weighted by Gasteiger charge is -2.40.